The molecule has 1 aromatic heterocycles. The van der Waals surface area contributed by atoms with Crippen molar-refractivity contribution in [3.05, 3.63) is 39.6 Å². The average Bonchev–Trinajstić information content (AvgIpc) is 2.91. The van der Waals surface area contributed by atoms with Gasteiger partial charge in [-0.3, -0.25) is 4.79 Å². The number of carboxylic acids is 1. The minimum absolute atomic E-state index is 0.330. The number of aliphatic carboxylic acids is 1. The van der Waals surface area contributed by atoms with Crippen LogP contribution in [0.1, 0.15) is 22.9 Å². The minimum Gasteiger partial charge on any atom is -0.481 e. The Labute approximate surface area is 117 Å². The van der Waals surface area contributed by atoms with E-state index >= 15 is 0 Å². The van der Waals surface area contributed by atoms with Gasteiger partial charge in [-0.15, -0.1) is 11.3 Å². The third-order valence-corrected chi connectivity index (χ3v) is 4.57. The maximum absolute atomic E-state index is 13.8. The average molecular weight is 298 g/mol. The van der Waals surface area contributed by atoms with Gasteiger partial charge in [-0.25, -0.2) is 9.37 Å². The molecule has 0 saturated carbocycles. The Balaban J connectivity index is 2.07. The van der Waals surface area contributed by atoms with Crippen molar-refractivity contribution in [3.63, 3.8) is 0 Å². The summed E-state index contributed by atoms with van der Waals surface area (Å²) in [6.07, 6.45) is 1.26. The van der Waals surface area contributed by atoms with Crippen molar-refractivity contribution in [1.82, 2.24) is 4.98 Å². The molecule has 3 rings (SSSR count). The Kier molecular flexibility index (Phi) is 3.03. The summed E-state index contributed by atoms with van der Waals surface area (Å²) in [4.78, 5) is 16.3. The number of aromatic nitrogens is 1. The summed E-state index contributed by atoms with van der Waals surface area (Å²) >= 11 is 7.20. The molecule has 0 bridgehead atoms. The summed E-state index contributed by atoms with van der Waals surface area (Å²) in [6, 6.07) is 4.28. The number of halogens is 2. The maximum Gasteiger partial charge on any atom is 0.312 e. The number of hydrogen-bond donors (Lipinski definition) is 1. The lowest BCUT2D eigenvalue weighted by molar-refractivity contribution is -0.138. The van der Waals surface area contributed by atoms with Crippen LogP contribution >= 0.6 is 22.9 Å². The summed E-state index contributed by atoms with van der Waals surface area (Å²) in [6.45, 7) is 0. The third kappa shape index (κ3) is 2.13. The molecule has 0 spiro atoms. The molecule has 0 fully saturated rings. The molecule has 3 nitrogen and oxygen atoms in total. The largest absolute Gasteiger partial charge is 0.481 e. The number of carboxylic acid groups (broad SMARTS) is 1. The number of hydrogen-bond acceptors (Lipinski definition) is 3. The summed E-state index contributed by atoms with van der Waals surface area (Å²) in [7, 11) is 0. The van der Waals surface area contributed by atoms with Gasteiger partial charge in [0.2, 0.25) is 0 Å². The molecular weight excluding hydrogens is 289 g/mol. The second-order valence-electron chi connectivity index (χ2n) is 4.38. The van der Waals surface area contributed by atoms with Gasteiger partial charge in [0.1, 0.15) is 16.7 Å². The number of carbonyl (C=O) groups is 1. The molecule has 0 aliphatic heterocycles. The van der Waals surface area contributed by atoms with Crippen LogP contribution < -0.4 is 0 Å². The number of aryl methyl sites for hydroxylation is 1. The molecule has 1 heterocycles. The first-order chi connectivity index (χ1) is 9.06. The number of fused-ring (bicyclic) bond motifs is 1. The molecule has 6 heteroatoms. The fourth-order valence-electron chi connectivity index (χ4n) is 2.24. The van der Waals surface area contributed by atoms with Crippen LogP contribution in [0.2, 0.25) is 5.02 Å². The second-order valence-corrected chi connectivity index (χ2v) is 5.90. The monoisotopic (exact) mass is 297 g/mol. The Hall–Kier alpha value is -1.46. The molecule has 0 radical (unpaired) electrons. The lowest BCUT2D eigenvalue weighted by Crippen LogP contribution is -2.08. The van der Waals surface area contributed by atoms with Crippen molar-refractivity contribution in [3.8, 4) is 10.6 Å². The maximum atomic E-state index is 13.8. The summed E-state index contributed by atoms with van der Waals surface area (Å²) in [5.41, 5.74) is 0.905. The molecule has 19 heavy (non-hydrogen) atoms. The molecule has 0 saturated heterocycles. The van der Waals surface area contributed by atoms with E-state index in [-0.39, 0.29) is 0 Å². The zero-order chi connectivity index (χ0) is 13.6. The Morgan fingerprint density at radius 1 is 1.53 bits per heavy atom. The van der Waals surface area contributed by atoms with Crippen molar-refractivity contribution < 1.29 is 14.3 Å². The number of benzene rings is 1. The Morgan fingerprint density at radius 2 is 2.32 bits per heavy atom. The standard InChI is InChI=1S/C13H9ClFNO2S/c14-6-1-3-9(15)8(5-6)12-16-11-7(13(17)18)2-4-10(11)19-12/h1,3,5,7H,2,4H2,(H,17,18). The topological polar surface area (TPSA) is 50.2 Å². The van der Waals surface area contributed by atoms with Gasteiger partial charge in [0.15, 0.2) is 0 Å². The fraction of sp³-hybridized carbons (Fsp3) is 0.231. The molecule has 2 aromatic rings. The van der Waals surface area contributed by atoms with Gasteiger partial charge in [-0.2, -0.15) is 0 Å². The summed E-state index contributed by atoms with van der Waals surface area (Å²) < 4.78 is 13.8. The molecule has 1 N–H and O–H groups in total. The molecule has 1 aliphatic rings. The van der Waals surface area contributed by atoms with Crippen molar-refractivity contribution >= 4 is 28.9 Å². The van der Waals surface area contributed by atoms with Crippen molar-refractivity contribution in [2.24, 2.45) is 0 Å². The van der Waals surface area contributed by atoms with Crippen LogP contribution in [-0.4, -0.2) is 16.1 Å². The molecular formula is C13H9ClFNO2S. The van der Waals surface area contributed by atoms with Gasteiger partial charge in [-0.05, 0) is 31.0 Å². The van der Waals surface area contributed by atoms with E-state index in [1.54, 1.807) is 0 Å². The molecule has 1 unspecified atom stereocenters. The van der Waals surface area contributed by atoms with Crippen molar-refractivity contribution in [1.29, 1.82) is 0 Å². The highest BCUT2D eigenvalue weighted by molar-refractivity contribution is 7.15. The summed E-state index contributed by atoms with van der Waals surface area (Å²) in [5, 5.41) is 10.0. The number of nitrogens with zero attached hydrogens (tertiary/aromatic N) is 1. The normalized spacial score (nSPS) is 17.5. The van der Waals surface area contributed by atoms with Crippen LogP contribution in [0.15, 0.2) is 18.2 Å². The van der Waals surface area contributed by atoms with E-state index in [1.807, 2.05) is 0 Å². The molecule has 1 aliphatic carbocycles. The quantitative estimate of drug-likeness (QED) is 0.919. The van der Waals surface area contributed by atoms with Crippen LogP contribution in [-0.2, 0) is 11.2 Å². The van der Waals surface area contributed by atoms with Gasteiger partial charge in [0, 0.05) is 15.5 Å². The SMILES string of the molecule is O=C(O)C1CCc2sc(-c3cc(Cl)ccc3F)nc21. The van der Waals surface area contributed by atoms with Gasteiger partial charge in [0.05, 0.1) is 5.69 Å². The van der Waals surface area contributed by atoms with Crippen molar-refractivity contribution in [2.45, 2.75) is 18.8 Å². The smallest absolute Gasteiger partial charge is 0.312 e. The van der Waals surface area contributed by atoms with Gasteiger partial charge < -0.3 is 5.11 Å². The van der Waals surface area contributed by atoms with Crippen molar-refractivity contribution in [2.75, 3.05) is 0 Å². The highest BCUT2D eigenvalue weighted by atomic mass is 35.5. The highest BCUT2D eigenvalue weighted by Crippen LogP contribution is 2.40. The van der Waals surface area contributed by atoms with E-state index in [9.17, 15) is 9.18 Å². The number of thiazole rings is 1. The third-order valence-electron chi connectivity index (χ3n) is 3.17. The molecule has 0 amide bonds. The van der Waals surface area contributed by atoms with E-state index < -0.39 is 17.7 Å². The van der Waals surface area contributed by atoms with E-state index in [4.69, 9.17) is 16.7 Å². The van der Waals surface area contributed by atoms with Crippen LogP contribution in [0.5, 0.6) is 0 Å². The van der Waals surface area contributed by atoms with Crippen LogP contribution in [0.4, 0.5) is 4.39 Å². The van der Waals surface area contributed by atoms with Crippen LogP contribution in [0, 0.1) is 5.82 Å². The zero-order valence-electron chi connectivity index (χ0n) is 9.69. The van der Waals surface area contributed by atoms with Crippen LogP contribution in [0.25, 0.3) is 10.6 Å². The lowest BCUT2D eigenvalue weighted by Gasteiger charge is -2.02. The minimum atomic E-state index is -0.873. The lowest BCUT2D eigenvalue weighted by atomic mass is 10.1. The second kappa shape index (κ2) is 4.58. The van der Waals surface area contributed by atoms with E-state index in [0.29, 0.717) is 34.1 Å². The Bertz CT molecular complexity index is 671. The first kappa shape index (κ1) is 12.6. The number of rotatable bonds is 2. The van der Waals surface area contributed by atoms with Gasteiger partial charge >= 0.3 is 5.97 Å². The van der Waals surface area contributed by atoms with Crippen LogP contribution in [0.3, 0.4) is 0 Å². The highest BCUT2D eigenvalue weighted by Gasteiger charge is 2.32. The fourth-order valence-corrected chi connectivity index (χ4v) is 3.57. The Morgan fingerprint density at radius 3 is 3.05 bits per heavy atom. The van der Waals surface area contributed by atoms with E-state index in [1.165, 1.54) is 29.5 Å². The zero-order valence-corrected chi connectivity index (χ0v) is 11.3. The molecule has 1 aromatic carbocycles. The predicted molar refractivity (Wildman–Crippen MR) is 71.2 cm³/mol. The predicted octanol–water partition coefficient (Wildman–Crippen LogP) is 3.72. The summed E-state index contributed by atoms with van der Waals surface area (Å²) in [5.74, 6) is -1.84. The van der Waals surface area contributed by atoms with E-state index in [0.717, 1.165) is 4.88 Å². The first-order valence-corrected chi connectivity index (χ1v) is 6.93. The van der Waals surface area contributed by atoms with E-state index in [2.05, 4.69) is 4.98 Å². The first-order valence-electron chi connectivity index (χ1n) is 5.74. The van der Waals surface area contributed by atoms with Gasteiger partial charge in [0.25, 0.3) is 0 Å². The molecule has 98 valence electrons. The van der Waals surface area contributed by atoms with Gasteiger partial charge in [-0.1, -0.05) is 11.6 Å². The molecule has 1 atom stereocenters.